The van der Waals surface area contributed by atoms with E-state index >= 15 is 0 Å². The predicted octanol–water partition coefficient (Wildman–Crippen LogP) is 3.96. The van der Waals surface area contributed by atoms with Crippen molar-refractivity contribution in [3.8, 4) is 0 Å². The second-order valence-corrected chi connectivity index (χ2v) is 7.20. The zero-order valence-corrected chi connectivity index (χ0v) is 14.6. The van der Waals surface area contributed by atoms with Crippen LogP contribution >= 0.6 is 0 Å². The fourth-order valence-electron chi connectivity index (χ4n) is 2.50. The molecule has 0 aromatic rings. The fraction of sp³-hybridized carbons (Fsp3) is 0.875. The molecule has 20 heavy (non-hydrogen) atoms. The summed E-state index contributed by atoms with van der Waals surface area (Å²) in [6, 6.07) is 0. The molecule has 4 heteroatoms. The number of rotatable bonds is 9. The summed E-state index contributed by atoms with van der Waals surface area (Å²) < 4.78 is 16.5. The SMILES string of the molecule is C1=CC2CCC1C2.CCCO[SiH](OCCC)OCCC. The maximum atomic E-state index is 5.49. The van der Waals surface area contributed by atoms with Crippen LogP contribution in [0.1, 0.15) is 59.3 Å². The second kappa shape index (κ2) is 11.5. The van der Waals surface area contributed by atoms with Crippen molar-refractivity contribution in [2.45, 2.75) is 59.3 Å². The van der Waals surface area contributed by atoms with E-state index in [4.69, 9.17) is 13.3 Å². The molecule has 0 aromatic carbocycles. The first kappa shape index (κ1) is 17.9. The topological polar surface area (TPSA) is 27.7 Å². The molecule has 2 aliphatic carbocycles. The predicted molar refractivity (Wildman–Crippen MR) is 85.8 cm³/mol. The molecule has 3 nitrogen and oxygen atoms in total. The van der Waals surface area contributed by atoms with Gasteiger partial charge < -0.3 is 13.3 Å². The van der Waals surface area contributed by atoms with Crippen LogP contribution in [0.3, 0.4) is 0 Å². The molecule has 0 amide bonds. The van der Waals surface area contributed by atoms with Crippen molar-refractivity contribution in [1.29, 1.82) is 0 Å². The Morgan fingerprint density at radius 3 is 1.40 bits per heavy atom. The zero-order chi connectivity index (χ0) is 14.6. The minimum Gasteiger partial charge on any atom is -0.376 e. The molecular formula is C16H32O3Si. The normalized spacial score (nSPS) is 23.2. The van der Waals surface area contributed by atoms with Gasteiger partial charge in [0.2, 0.25) is 0 Å². The van der Waals surface area contributed by atoms with Crippen LogP contribution in [0.4, 0.5) is 0 Å². The minimum absolute atomic E-state index is 0.754. The molecule has 0 N–H and O–H groups in total. The Balaban J connectivity index is 0.000000233. The maximum absolute atomic E-state index is 5.49. The number of hydrogen-bond acceptors (Lipinski definition) is 3. The highest BCUT2D eigenvalue weighted by atomic mass is 28.3. The van der Waals surface area contributed by atoms with Gasteiger partial charge in [-0.15, -0.1) is 0 Å². The maximum Gasteiger partial charge on any atom is 0.484 e. The van der Waals surface area contributed by atoms with Gasteiger partial charge in [0.1, 0.15) is 0 Å². The smallest absolute Gasteiger partial charge is 0.376 e. The minimum atomic E-state index is -1.79. The summed E-state index contributed by atoms with van der Waals surface area (Å²) >= 11 is 0. The van der Waals surface area contributed by atoms with E-state index < -0.39 is 9.53 Å². The van der Waals surface area contributed by atoms with Crippen LogP contribution in [0.25, 0.3) is 0 Å². The third-order valence-electron chi connectivity index (χ3n) is 3.54. The van der Waals surface area contributed by atoms with Crippen LogP contribution < -0.4 is 0 Å². The number of fused-ring (bicyclic) bond motifs is 2. The zero-order valence-electron chi connectivity index (χ0n) is 13.5. The molecular weight excluding hydrogens is 268 g/mol. The lowest BCUT2D eigenvalue weighted by Crippen LogP contribution is -2.28. The van der Waals surface area contributed by atoms with Crippen molar-refractivity contribution in [2.75, 3.05) is 19.8 Å². The summed E-state index contributed by atoms with van der Waals surface area (Å²) in [5.74, 6) is 1.98. The van der Waals surface area contributed by atoms with E-state index in [0.29, 0.717) is 0 Å². The van der Waals surface area contributed by atoms with Gasteiger partial charge in [0, 0.05) is 19.8 Å². The quantitative estimate of drug-likeness (QED) is 0.476. The molecule has 2 bridgehead atoms. The monoisotopic (exact) mass is 300 g/mol. The summed E-state index contributed by atoms with van der Waals surface area (Å²) in [4.78, 5) is 0. The summed E-state index contributed by atoms with van der Waals surface area (Å²) in [6.07, 6.45) is 12.3. The lowest BCUT2D eigenvalue weighted by Gasteiger charge is -2.15. The summed E-state index contributed by atoms with van der Waals surface area (Å²) in [5.41, 5.74) is 0. The summed E-state index contributed by atoms with van der Waals surface area (Å²) in [6.45, 7) is 8.53. The standard InChI is InChI=1S/C9H22O3Si.C7H10/c1-4-7-10-13(11-8-5-2)12-9-6-3;1-2-7-4-3-6(1)5-7/h13H,4-9H2,1-3H3;1-2,6-7H,3-5H2. The van der Waals surface area contributed by atoms with E-state index in [1.165, 1.54) is 19.3 Å². The molecule has 2 unspecified atom stereocenters. The van der Waals surface area contributed by atoms with E-state index in [1.807, 2.05) is 0 Å². The molecule has 2 aliphatic rings. The van der Waals surface area contributed by atoms with E-state index in [2.05, 4.69) is 32.9 Å². The molecule has 0 heterocycles. The molecule has 0 saturated heterocycles. The van der Waals surface area contributed by atoms with E-state index in [-0.39, 0.29) is 0 Å². The third kappa shape index (κ3) is 7.57. The van der Waals surface area contributed by atoms with Gasteiger partial charge in [-0.2, -0.15) is 0 Å². The highest BCUT2D eigenvalue weighted by molar-refractivity contribution is 6.36. The average molecular weight is 301 g/mol. The largest absolute Gasteiger partial charge is 0.484 e. The lowest BCUT2D eigenvalue weighted by molar-refractivity contribution is 0.0933. The first-order chi connectivity index (χ1) is 9.80. The Morgan fingerprint density at radius 2 is 1.20 bits per heavy atom. The van der Waals surface area contributed by atoms with Crippen LogP contribution in [0.2, 0.25) is 0 Å². The number of hydrogen-bond donors (Lipinski definition) is 0. The Labute approximate surface area is 126 Å². The van der Waals surface area contributed by atoms with Crippen molar-refractivity contribution in [3.63, 3.8) is 0 Å². The first-order valence-corrected chi connectivity index (χ1v) is 9.74. The van der Waals surface area contributed by atoms with Gasteiger partial charge in [0.05, 0.1) is 0 Å². The van der Waals surface area contributed by atoms with Crippen molar-refractivity contribution in [1.82, 2.24) is 0 Å². The van der Waals surface area contributed by atoms with E-state index in [1.54, 1.807) is 0 Å². The highest BCUT2D eigenvalue weighted by Crippen LogP contribution is 2.38. The molecule has 0 aromatic heterocycles. The third-order valence-corrected chi connectivity index (χ3v) is 5.07. The van der Waals surface area contributed by atoms with Gasteiger partial charge >= 0.3 is 9.53 Å². The highest BCUT2D eigenvalue weighted by Gasteiger charge is 2.25. The fourth-order valence-corrected chi connectivity index (χ4v) is 4.08. The molecule has 0 aliphatic heterocycles. The summed E-state index contributed by atoms with van der Waals surface area (Å²) in [7, 11) is -1.79. The van der Waals surface area contributed by atoms with E-state index in [0.717, 1.165) is 50.9 Å². The van der Waals surface area contributed by atoms with Crippen LogP contribution in [0, 0.1) is 11.8 Å². The van der Waals surface area contributed by atoms with Crippen molar-refractivity contribution in [3.05, 3.63) is 12.2 Å². The van der Waals surface area contributed by atoms with Crippen LogP contribution in [-0.2, 0) is 13.3 Å². The average Bonchev–Trinajstić information content (AvgIpc) is 3.12. The van der Waals surface area contributed by atoms with Crippen molar-refractivity contribution >= 4 is 9.53 Å². The van der Waals surface area contributed by atoms with Crippen LogP contribution in [-0.4, -0.2) is 29.3 Å². The molecule has 0 radical (unpaired) electrons. The van der Waals surface area contributed by atoms with Gasteiger partial charge in [0.15, 0.2) is 0 Å². The van der Waals surface area contributed by atoms with Gasteiger partial charge in [0.25, 0.3) is 0 Å². The molecule has 1 saturated carbocycles. The molecule has 2 atom stereocenters. The molecule has 1 fully saturated rings. The number of allylic oxidation sites excluding steroid dienone is 2. The van der Waals surface area contributed by atoms with Crippen LogP contribution in [0.15, 0.2) is 12.2 Å². The van der Waals surface area contributed by atoms with Crippen molar-refractivity contribution in [2.24, 2.45) is 11.8 Å². The molecule has 118 valence electrons. The van der Waals surface area contributed by atoms with Gasteiger partial charge in [-0.25, -0.2) is 0 Å². The molecule has 0 spiro atoms. The van der Waals surface area contributed by atoms with Gasteiger partial charge in [-0.3, -0.25) is 0 Å². The Bertz CT molecular complexity index is 227. The summed E-state index contributed by atoms with van der Waals surface area (Å²) in [5, 5.41) is 0. The Morgan fingerprint density at radius 1 is 0.800 bits per heavy atom. The van der Waals surface area contributed by atoms with E-state index in [9.17, 15) is 0 Å². The molecule has 2 rings (SSSR count). The lowest BCUT2D eigenvalue weighted by atomic mass is 10.1. The first-order valence-electron chi connectivity index (χ1n) is 8.33. The second-order valence-electron chi connectivity index (χ2n) is 5.62. The van der Waals surface area contributed by atoms with Gasteiger partial charge in [-0.05, 0) is 50.4 Å². The van der Waals surface area contributed by atoms with Gasteiger partial charge in [-0.1, -0.05) is 32.9 Å². The van der Waals surface area contributed by atoms with Crippen LogP contribution in [0.5, 0.6) is 0 Å². The Hall–Kier alpha value is -0.163. The van der Waals surface area contributed by atoms with Crippen molar-refractivity contribution < 1.29 is 13.3 Å². The Kier molecular flexibility index (Phi) is 10.3.